The van der Waals surface area contributed by atoms with Gasteiger partial charge in [-0.15, -0.1) is 0 Å². The Morgan fingerprint density at radius 2 is 2.26 bits per heavy atom. The van der Waals surface area contributed by atoms with Crippen LogP contribution in [0.3, 0.4) is 0 Å². The standard InChI is InChI=1S/C13H19N3O2S/c1-2-16-8-7-11(17)15-13(16)19-9-12(18)14-10-5-3-4-6-10/h7-8,10H,2-6,9H2,1H3,(H,14,18). The van der Waals surface area contributed by atoms with E-state index in [1.165, 1.54) is 30.7 Å². The lowest BCUT2D eigenvalue weighted by molar-refractivity contribution is -0.119. The van der Waals surface area contributed by atoms with E-state index in [0.29, 0.717) is 17.0 Å². The molecule has 2 rings (SSSR count). The second kappa shape index (κ2) is 6.75. The van der Waals surface area contributed by atoms with Gasteiger partial charge in [-0.3, -0.25) is 9.59 Å². The third-order valence-electron chi connectivity index (χ3n) is 3.24. The number of carbonyl (C=O) groups excluding carboxylic acids is 1. The van der Waals surface area contributed by atoms with Crippen molar-refractivity contribution in [3.8, 4) is 0 Å². The summed E-state index contributed by atoms with van der Waals surface area (Å²) in [7, 11) is 0. The van der Waals surface area contributed by atoms with Crippen LogP contribution in [0.25, 0.3) is 0 Å². The summed E-state index contributed by atoms with van der Waals surface area (Å²) < 4.78 is 1.87. The Morgan fingerprint density at radius 1 is 1.53 bits per heavy atom. The van der Waals surface area contributed by atoms with E-state index < -0.39 is 0 Å². The Kier molecular flexibility index (Phi) is 5.01. The van der Waals surface area contributed by atoms with Gasteiger partial charge in [-0.25, -0.2) is 0 Å². The fourth-order valence-corrected chi connectivity index (χ4v) is 3.09. The number of hydrogen-bond donors (Lipinski definition) is 1. The van der Waals surface area contributed by atoms with E-state index in [1.54, 1.807) is 6.20 Å². The highest BCUT2D eigenvalue weighted by atomic mass is 32.2. The summed E-state index contributed by atoms with van der Waals surface area (Å²) in [5.74, 6) is 0.338. The Bertz CT molecular complexity index is 495. The zero-order valence-corrected chi connectivity index (χ0v) is 11.9. The van der Waals surface area contributed by atoms with Crippen LogP contribution in [0.2, 0.25) is 0 Å². The molecule has 0 aliphatic heterocycles. The SMILES string of the molecule is CCn1ccc(=O)nc1SCC(=O)NC1CCCC1. The number of aromatic nitrogens is 2. The van der Waals surface area contributed by atoms with Gasteiger partial charge in [0.1, 0.15) is 0 Å². The van der Waals surface area contributed by atoms with Gasteiger partial charge >= 0.3 is 0 Å². The molecular weight excluding hydrogens is 262 g/mol. The zero-order chi connectivity index (χ0) is 13.7. The average Bonchev–Trinajstić information content (AvgIpc) is 2.89. The van der Waals surface area contributed by atoms with Crippen molar-refractivity contribution >= 4 is 17.7 Å². The average molecular weight is 281 g/mol. The highest BCUT2D eigenvalue weighted by Crippen LogP contribution is 2.18. The first-order valence-corrected chi connectivity index (χ1v) is 7.67. The Hall–Kier alpha value is -1.30. The number of carbonyl (C=O) groups is 1. The van der Waals surface area contributed by atoms with Crippen LogP contribution >= 0.6 is 11.8 Å². The van der Waals surface area contributed by atoms with Crippen LogP contribution in [0, 0.1) is 0 Å². The topological polar surface area (TPSA) is 64.0 Å². The highest BCUT2D eigenvalue weighted by molar-refractivity contribution is 7.99. The summed E-state index contributed by atoms with van der Waals surface area (Å²) in [6.45, 7) is 2.72. The fraction of sp³-hybridized carbons (Fsp3) is 0.615. The molecule has 0 bridgehead atoms. The minimum absolute atomic E-state index is 0.0256. The second-order valence-electron chi connectivity index (χ2n) is 4.67. The Labute approximate surface area is 116 Å². The van der Waals surface area contributed by atoms with Crippen LogP contribution < -0.4 is 10.9 Å². The summed E-state index contributed by atoms with van der Waals surface area (Å²) in [6, 6.07) is 1.77. The molecule has 1 aromatic rings. The minimum atomic E-state index is -0.261. The quantitative estimate of drug-likeness (QED) is 0.655. The van der Waals surface area contributed by atoms with E-state index in [2.05, 4.69) is 10.3 Å². The van der Waals surface area contributed by atoms with E-state index in [0.717, 1.165) is 19.4 Å². The van der Waals surface area contributed by atoms with Gasteiger partial charge in [-0.2, -0.15) is 4.98 Å². The third kappa shape index (κ3) is 4.09. The number of nitrogens with zero attached hydrogens (tertiary/aromatic N) is 2. The lowest BCUT2D eigenvalue weighted by Crippen LogP contribution is -2.34. The van der Waals surface area contributed by atoms with E-state index in [-0.39, 0.29) is 11.5 Å². The van der Waals surface area contributed by atoms with Gasteiger partial charge in [0.05, 0.1) is 5.75 Å². The lowest BCUT2D eigenvalue weighted by atomic mass is 10.2. The van der Waals surface area contributed by atoms with Gasteiger partial charge in [0.2, 0.25) is 5.91 Å². The van der Waals surface area contributed by atoms with Crippen molar-refractivity contribution in [2.45, 2.75) is 50.4 Å². The molecule has 1 heterocycles. The maximum atomic E-state index is 11.8. The van der Waals surface area contributed by atoms with Crippen molar-refractivity contribution in [1.29, 1.82) is 0 Å². The molecule has 1 aliphatic carbocycles. The second-order valence-corrected chi connectivity index (χ2v) is 5.61. The molecule has 104 valence electrons. The molecule has 1 N–H and O–H groups in total. The number of nitrogens with one attached hydrogen (secondary N) is 1. The molecule has 0 spiro atoms. The summed E-state index contributed by atoms with van der Waals surface area (Å²) in [5, 5.41) is 3.63. The summed E-state index contributed by atoms with van der Waals surface area (Å²) in [4.78, 5) is 27.0. The molecule has 0 unspecified atom stereocenters. The summed E-state index contributed by atoms with van der Waals surface area (Å²) >= 11 is 1.32. The van der Waals surface area contributed by atoms with Crippen LogP contribution in [0.15, 0.2) is 22.2 Å². The Morgan fingerprint density at radius 3 is 2.95 bits per heavy atom. The molecule has 6 heteroatoms. The third-order valence-corrected chi connectivity index (χ3v) is 4.23. The van der Waals surface area contributed by atoms with E-state index in [1.807, 2.05) is 11.5 Å². The zero-order valence-electron chi connectivity index (χ0n) is 11.1. The minimum Gasteiger partial charge on any atom is -0.353 e. The molecule has 1 aliphatic rings. The van der Waals surface area contributed by atoms with Gasteiger partial charge in [0.15, 0.2) is 5.16 Å². The Balaban J connectivity index is 1.88. The molecule has 0 saturated heterocycles. The van der Waals surface area contributed by atoms with Crippen molar-refractivity contribution < 1.29 is 4.79 Å². The summed E-state index contributed by atoms with van der Waals surface area (Å²) in [5.41, 5.74) is -0.261. The van der Waals surface area contributed by atoms with E-state index >= 15 is 0 Å². The number of thioether (sulfide) groups is 1. The number of hydrogen-bond acceptors (Lipinski definition) is 4. The van der Waals surface area contributed by atoms with Crippen LogP contribution in [-0.4, -0.2) is 27.3 Å². The molecule has 1 amide bonds. The van der Waals surface area contributed by atoms with Crippen LogP contribution in [0.1, 0.15) is 32.6 Å². The summed E-state index contributed by atoms with van der Waals surface area (Å²) in [6.07, 6.45) is 6.28. The van der Waals surface area contributed by atoms with Crippen molar-refractivity contribution in [3.63, 3.8) is 0 Å². The molecule has 5 nitrogen and oxygen atoms in total. The highest BCUT2D eigenvalue weighted by Gasteiger charge is 2.17. The van der Waals surface area contributed by atoms with E-state index in [4.69, 9.17) is 0 Å². The van der Waals surface area contributed by atoms with Crippen LogP contribution in [-0.2, 0) is 11.3 Å². The molecule has 0 aromatic carbocycles. The van der Waals surface area contributed by atoms with Crippen molar-refractivity contribution in [3.05, 3.63) is 22.6 Å². The molecule has 0 atom stereocenters. The maximum Gasteiger partial charge on any atom is 0.273 e. The van der Waals surface area contributed by atoms with Crippen molar-refractivity contribution in [2.75, 3.05) is 5.75 Å². The van der Waals surface area contributed by atoms with Crippen LogP contribution in [0.5, 0.6) is 0 Å². The van der Waals surface area contributed by atoms with Crippen molar-refractivity contribution in [1.82, 2.24) is 14.9 Å². The predicted molar refractivity (Wildman–Crippen MR) is 75.3 cm³/mol. The van der Waals surface area contributed by atoms with Gasteiger partial charge in [0, 0.05) is 24.8 Å². The fourth-order valence-electron chi connectivity index (χ4n) is 2.24. The first-order chi connectivity index (χ1) is 9.19. The first kappa shape index (κ1) is 14.1. The van der Waals surface area contributed by atoms with Gasteiger partial charge in [0.25, 0.3) is 5.56 Å². The molecule has 0 radical (unpaired) electrons. The molecule has 1 aromatic heterocycles. The van der Waals surface area contributed by atoms with Crippen LogP contribution in [0.4, 0.5) is 0 Å². The van der Waals surface area contributed by atoms with Gasteiger partial charge in [-0.1, -0.05) is 24.6 Å². The van der Waals surface area contributed by atoms with E-state index in [9.17, 15) is 9.59 Å². The molecule has 1 fully saturated rings. The number of aryl methyl sites for hydroxylation is 1. The maximum absolute atomic E-state index is 11.8. The number of rotatable bonds is 5. The largest absolute Gasteiger partial charge is 0.353 e. The lowest BCUT2D eigenvalue weighted by Gasteiger charge is -2.12. The monoisotopic (exact) mass is 281 g/mol. The normalized spacial score (nSPS) is 15.6. The number of amides is 1. The predicted octanol–water partition coefficient (Wildman–Crippen LogP) is 1.41. The molecule has 1 saturated carbocycles. The van der Waals surface area contributed by atoms with Gasteiger partial charge < -0.3 is 9.88 Å². The molecular formula is C13H19N3O2S. The van der Waals surface area contributed by atoms with Crippen molar-refractivity contribution in [2.24, 2.45) is 0 Å². The van der Waals surface area contributed by atoms with Gasteiger partial charge in [-0.05, 0) is 19.8 Å². The first-order valence-electron chi connectivity index (χ1n) is 6.68. The molecule has 19 heavy (non-hydrogen) atoms. The smallest absolute Gasteiger partial charge is 0.273 e.